The van der Waals surface area contributed by atoms with Crippen molar-refractivity contribution in [2.24, 2.45) is 0 Å². The van der Waals surface area contributed by atoms with Gasteiger partial charge in [-0.05, 0) is 6.92 Å². The van der Waals surface area contributed by atoms with Gasteiger partial charge in [0.2, 0.25) is 0 Å². The Balaban J connectivity index is 3.04. The van der Waals surface area contributed by atoms with Crippen molar-refractivity contribution in [3.8, 4) is 0 Å². The molecule has 5 nitrogen and oxygen atoms in total. The zero-order valence-electron chi connectivity index (χ0n) is 11.1. The Hall–Kier alpha value is -0.910. The number of rotatable bonds is 7. The van der Waals surface area contributed by atoms with Crippen molar-refractivity contribution in [2.45, 2.75) is 20.3 Å². The highest BCUT2D eigenvalue weighted by Gasteiger charge is 2.15. The summed E-state index contributed by atoms with van der Waals surface area (Å²) in [5.41, 5.74) is 0.832. The van der Waals surface area contributed by atoms with Gasteiger partial charge >= 0.3 is 0 Å². The zero-order valence-corrected chi connectivity index (χ0v) is 11.9. The van der Waals surface area contributed by atoms with Crippen LogP contribution in [-0.2, 0) is 11.2 Å². The zero-order chi connectivity index (χ0) is 13.5. The van der Waals surface area contributed by atoms with Crippen molar-refractivity contribution in [3.05, 3.63) is 16.5 Å². The fourth-order valence-corrected chi connectivity index (χ4v) is 1.81. The fraction of sp³-hybridized carbons (Fsp3) is 0.667. The average molecular weight is 274 g/mol. The van der Waals surface area contributed by atoms with Crippen molar-refractivity contribution in [1.29, 1.82) is 0 Å². The summed E-state index contributed by atoms with van der Waals surface area (Å²) < 4.78 is 5.07. The molecule has 0 aliphatic carbocycles. The summed E-state index contributed by atoms with van der Waals surface area (Å²) in [6, 6.07) is 0. The normalized spacial score (nSPS) is 10.7. The number of halogens is 1. The van der Waals surface area contributed by atoms with E-state index in [9.17, 15) is 0 Å². The molecule has 0 saturated carbocycles. The maximum atomic E-state index is 9.13. The Morgan fingerprint density at radius 3 is 2.61 bits per heavy atom. The second-order valence-corrected chi connectivity index (χ2v) is 4.29. The van der Waals surface area contributed by atoms with Gasteiger partial charge in [0.25, 0.3) is 0 Å². The Morgan fingerprint density at radius 2 is 2.06 bits per heavy atom. The third-order valence-corrected chi connectivity index (χ3v) is 3.03. The van der Waals surface area contributed by atoms with Crippen molar-refractivity contribution in [2.75, 3.05) is 38.3 Å². The first-order valence-electron chi connectivity index (χ1n) is 6.01. The third kappa shape index (κ3) is 3.80. The van der Waals surface area contributed by atoms with Crippen LogP contribution in [0, 0.1) is 6.92 Å². The second-order valence-electron chi connectivity index (χ2n) is 3.94. The van der Waals surface area contributed by atoms with E-state index in [0.29, 0.717) is 30.7 Å². The molecule has 0 amide bonds. The molecular formula is C12H20ClN3O2. The number of hydrogen-bond acceptors (Lipinski definition) is 5. The topological polar surface area (TPSA) is 58.5 Å². The van der Waals surface area contributed by atoms with Gasteiger partial charge in [0.05, 0.1) is 13.2 Å². The van der Waals surface area contributed by atoms with E-state index in [-0.39, 0.29) is 6.61 Å². The summed E-state index contributed by atoms with van der Waals surface area (Å²) in [6.45, 7) is 5.66. The highest BCUT2D eigenvalue weighted by Crippen LogP contribution is 2.23. The van der Waals surface area contributed by atoms with Crippen molar-refractivity contribution in [1.82, 2.24) is 9.97 Å². The molecule has 1 aromatic heterocycles. The Morgan fingerprint density at radius 1 is 1.33 bits per heavy atom. The highest BCUT2D eigenvalue weighted by atomic mass is 35.5. The van der Waals surface area contributed by atoms with E-state index < -0.39 is 0 Å². The van der Waals surface area contributed by atoms with Gasteiger partial charge in [0, 0.05) is 32.2 Å². The number of aromatic nitrogens is 2. The van der Waals surface area contributed by atoms with Gasteiger partial charge in [0.1, 0.15) is 16.8 Å². The van der Waals surface area contributed by atoms with Gasteiger partial charge in [0.15, 0.2) is 0 Å². The number of anilines is 1. The van der Waals surface area contributed by atoms with Gasteiger partial charge in [-0.1, -0.05) is 18.5 Å². The molecule has 0 aliphatic rings. The Bertz CT molecular complexity index is 388. The molecule has 0 atom stereocenters. The SMILES string of the molecule is CCc1nc(Cl)c(C)c(N(CCO)CCOC)n1. The van der Waals surface area contributed by atoms with Crippen LogP contribution in [0.15, 0.2) is 0 Å². The number of aliphatic hydroxyl groups excluding tert-OH is 1. The predicted molar refractivity (Wildman–Crippen MR) is 72.3 cm³/mol. The molecule has 1 aromatic rings. The summed E-state index contributed by atoms with van der Waals surface area (Å²) >= 11 is 6.10. The molecule has 0 unspecified atom stereocenters. The van der Waals surface area contributed by atoms with E-state index in [2.05, 4.69) is 9.97 Å². The van der Waals surface area contributed by atoms with Crippen LogP contribution in [0.2, 0.25) is 5.15 Å². The van der Waals surface area contributed by atoms with Crippen LogP contribution in [0.4, 0.5) is 5.82 Å². The molecule has 6 heteroatoms. The molecule has 0 aliphatic heterocycles. The van der Waals surface area contributed by atoms with Gasteiger partial charge in [-0.25, -0.2) is 9.97 Å². The minimum absolute atomic E-state index is 0.0617. The minimum atomic E-state index is 0.0617. The number of nitrogens with zero attached hydrogens (tertiary/aromatic N) is 3. The van der Waals surface area contributed by atoms with E-state index in [1.165, 1.54) is 0 Å². The first-order valence-corrected chi connectivity index (χ1v) is 6.39. The molecule has 1 heterocycles. The number of aliphatic hydroxyl groups is 1. The van der Waals surface area contributed by atoms with E-state index in [1.54, 1.807) is 7.11 Å². The summed E-state index contributed by atoms with van der Waals surface area (Å²) in [5, 5.41) is 9.59. The van der Waals surface area contributed by atoms with Crippen LogP contribution in [0.25, 0.3) is 0 Å². The summed E-state index contributed by atoms with van der Waals surface area (Å²) in [7, 11) is 1.65. The molecule has 1 N–H and O–H groups in total. The summed E-state index contributed by atoms with van der Waals surface area (Å²) in [6.07, 6.45) is 0.726. The van der Waals surface area contributed by atoms with E-state index >= 15 is 0 Å². The third-order valence-electron chi connectivity index (χ3n) is 2.66. The lowest BCUT2D eigenvalue weighted by Crippen LogP contribution is -2.32. The van der Waals surface area contributed by atoms with Crippen molar-refractivity contribution >= 4 is 17.4 Å². The monoisotopic (exact) mass is 273 g/mol. The fourth-order valence-electron chi connectivity index (χ4n) is 1.63. The lowest BCUT2D eigenvalue weighted by Gasteiger charge is -2.24. The van der Waals surface area contributed by atoms with Gasteiger partial charge in [-0.2, -0.15) is 0 Å². The molecule has 18 heavy (non-hydrogen) atoms. The van der Waals surface area contributed by atoms with Gasteiger partial charge < -0.3 is 14.7 Å². The Labute approximate surface area is 113 Å². The van der Waals surface area contributed by atoms with Crippen LogP contribution < -0.4 is 4.90 Å². The van der Waals surface area contributed by atoms with Crippen LogP contribution in [0.3, 0.4) is 0 Å². The maximum absolute atomic E-state index is 9.13. The lowest BCUT2D eigenvalue weighted by atomic mass is 10.3. The highest BCUT2D eigenvalue weighted by molar-refractivity contribution is 6.30. The first kappa shape index (κ1) is 15.1. The molecule has 0 bridgehead atoms. The minimum Gasteiger partial charge on any atom is -0.395 e. The van der Waals surface area contributed by atoms with E-state index in [1.807, 2.05) is 18.7 Å². The van der Waals surface area contributed by atoms with Crippen LogP contribution in [0.1, 0.15) is 18.3 Å². The van der Waals surface area contributed by atoms with Crippen LogP contribution in [-0.4, -0.2) is 48.5 Å². The van der Waals surface area contributed by atoms with Crippen molar-refractivity contribution in [3.63, 3.8) is 0 Å². The summed E-state index contributed by atoms with van der Waals surface area (Å²) in [4.78, 5) is 10.7. The number of hydrogen-bond donors (Lipinski definition) is 1. The molecule has 102 valence electrons. The quantitative estimate of drug-likeness (QED) is 0.762. The standard InChI is InChI=1S/C12H20ClN3O2/c1-4-10-14-11(13)9(2)12(15-10)16(5-7-17)6-8-18-3/h17H,4-8H2,1-3H3. The average Bonchev–Trinajstić information content (AvgIpc) is 2.37. The predicted octanol–water partition coefficient (Wildman–Crippen LogP) is 1.45. The van der Waals surface area contributed by atoms with Crippen molar-refractivity contribution < 1.29 is 9.84 Å². The van der Waals surface area contributed by atoms with E-state index in [4.69, 9.17) is 21.4 Å². The van der Waals surface area contributed by atoms with Gasteiger partial charge in [-0.3, -0.25) is 0 Å². The van der Waals surface area contributed by atoms with Crippen LogP contribution >= 0.6 is 11.6 Å². The molecular weight excluding hydrogens is 254 g/mol. The number of ether oxygens (including phenoxy) is 1. The largest absolute Gasteiger partial charge is 0.395 e. The smallest absolute Gasteiger partial charge is 0.137 e. The van der Waals surface area contributed by atoms with Crippen LogP contribution in [0.5, 0.6) is 0 Å². The second kappa shape index (κ2) is 7.51. The van der Waals surface area contributed by atoms with E-state index in [0.717, 1.165) is 17.8 Å². The molecule has 0 spiro atoms. The molecule has 1 rings (SSSR count). The molecule has 0 fully saturated rings. The first-order chi connectivity index (χ1) is 8.63. The molecule has 0 aromatic carbocycles. The molecule has 0 saturated heterocycles. The maximum Gasteiger partial charge on any atom is 0.137 e. The Kier molecular flexibility index (Phi) is 6.32. The number of methoxy groups -OCH3 is 1. The number of aryl methyl sites for hydroxylation is 1. The van der Waals surface area contributed by atoms with Gasteiger partial charge in [-0.15, -0.1) is 0 Å². The lowest BCUT2D eigenvalue weighted by molar-refractivity contribution is 0.202. The summed E-state index contributed by atoms with van der Waals surface area (Å²) in [5.74, 6) is 1.49. The molecule has 0 radical (unpaired) electrons.